The molecule has 1 aromatic heterocycles. The fourth-order valence-electron chi connectivity index (χ4n) is 2.10. The van der Waals surface area contributed by atoms with Gasteiger partial charge in [0.1, 0.15) is 0 Å². The van der Waals surface area contributed by atoms with E-state index in [1.165, 1.54) is 0 Å². The molecule has 0 saturated heterocycles. The highest BCUT2D eigenvalue weighted by atomic mass is 16.4. The first-order valence-corrected chi connectivity index (χ1v) is 6.13. The van der Waals surface area contributed by atoms with Crippen LogP contribution in [-0.4, -0.2) is 18.1 Å². The molecule has 2 rings (SSSR count). The highest BCUT2D eigenvalue weighted by Gasteiger charge is 2.12. The number of nitrogens with one attached hydrogen (secondary N) is 1. The van der Waals surface area contributed by atoms with Crippen molar-refractivity contribution in [3.63, 3.8) is 0 Å². The van der Waals surface area contributed by atoms with E-state index in [0.29, 0.717) is 5.58 Å². The van der Waals surface area contributed by atoms with Crippen LogP contribution in [0.25, 0.3) is 11.1 Å². The lowest BCUT2D eigenvalue weighted by molar-refractivity contribution is 0.553. The molecule has 0 aliphatic carbocycles. The molecule has 1 N–H and O–H groups in total. The summed E-state index contributed by atoms with van der Waals surface area (Å²) in [7, 11) is 0. The standard InChI is InChI=1S/C13H18N2O2/c1-3-8-15(9-4-2)11-7-5-6-10-12(11)17-13(16)14-10/h5-7H,3-4,8-9H2,1-2H3,(H,14,16). The Morgan fingerprint density at radius 1 is 1.24 bits per heavy atom. The molecule has 0 aliphatic heterocycles. The molecule has 0 fully saturated rings. The quantitative estimate of drug-likeness (QED) is 0.865. The summed E-state index contributed by atoms with van der Waals surface area (Å²) < 4.78 is 5.22. The fourth-order valence-corrected chi connectivity index (χ4v) is 2.10. The van der Waals surface area contributed by atoms with Gasteiger partial charge in [0, 0.05) is 13.1 Å². The summed E-state index contributed by atoms with van der Waals surface area (Å²) in [6, 6.07) is 5.81. The number of fused-ring (bicyclic) bond motifs is 1. The van der Waals surface area contributed by atoms with Crippen LogP contribution in [-0.2, 0) is 0 Å². The maximum Gasteiger partial charge on any atom is 0.417 e. The van der Waals surface area contributed by atoms with Crippen LogP contribution in [0.5, 0.6) is 0 Å². The zero-order valence-electron chi connectivity index (χ0n) is 10.3. The number of hydrogen-bond acceptors (Lipinski definition) is 3. The molecule has 2 aromatic rings. The van der Waals surface area contributed by atoms with E-state index in [-0.39, 0.29) is 5.76 Å². The van der Waals surface area contributed by atoms with Gasteiger partial charge in [0.2, 0.25) is 0 Å². The Labute approximate surface area is 100 Å². The van der Waals surface area contributed by atoms with Crippen LogP contribution >= 0.6 is 0 Å². The second-order valence-electron chi connectivity index (χ2n) is 4.16. The monoisotopic (exact) mass is 234 g/mol. The van der Waals surface area contributed by atoms with Gasteiger partial charge in [-0.3, -0.25) is 4.98 Å². The van der Waals surface area contributed by atoms with Crippen LogP contribution in [0.3, 0.4) is 0 Å². The van der Waals surface area contributed by atoms with Gasteiger partial charge >= 0.3 is 5.76 Å². The fraction of sp³-hybridized carbons (Fsp3) is 0.462. The number of H-pyrrole nitrogens is 1. The van der Waals surface area contributed by atoms with Gasteiger partial charge in [0.05, 0.1) is 11.2 Å². The summed E-state index contributed by atoms with van der Waals surface area (Å²) in [5.74, 6) is -0.389. The van der Waals surface area contributed by atoms with Gasteiger partial charge in [-0.05, 0) is 25.0 Å². The summed E-state index contributed by atoms with van der Waals surface area (Å²) in [6.45, 7) is 6.25. The van der Waals surface area contributed by atoms with Crippen molar-refractivity contribution in [2.75, 3.05) is 18.0 Å². The molecule has 0 atom stereocenters. The van der Waals surface area contributed by atoms with Crippen molar-refractivity contribution < 1.29 is 4.42 Å². The Morgan fingerprint density at radius 3 is 2.59 bits per heavy atom. The molecule has 1 heterocycles. The van der Waals surface area contributed by atoms with Crippen LogP contribution < -0.4 is 10.7 Å². The third-order valence-electron chi connectivity index (χ3n) is 2.75. The Kier molecular flexibility index (Phi) is 3.52. The highest BCUT2D eigenvalue weighted by molar-refractivity contribution is 5.86. The van der Waals surface area contributed by atoms with Crippen molar-refractivity contribution in [3.8, 4) is 0 Å². The van der Waals surface area contributed by atoms with Crippen LogP contribution in [0.2, 0.25) is 0 Å². The second kappa shape index (κ2) is 5.08. The van der Waals surface area contributed by atoms with E-state index in [2.05, 4.69) is 23.7 Å². The Bertz CT molecular complexity index is 536. The second-order valence-corrected chi connectivity index (χ2v) is 4.16. The minimum Gasteiger partial charge on any atom is -0.406 e. The number of nitrogens with zero attached hydrogens (tertiary/aromatic N) is 1. The summed E-state index contributed by atoms with van der Waals surface area (Å²) in [4.78, 5) is 16.2. The molecule has 4 nitrogen and oxygen atoms in total. The van der Waals surface area contributed by atoms with E-state index in [1.807, 2.05) is 18.2 Å². The number of oxazole rings is 1. The molecule has 0 amide bonds. The van der Waals surface area contributed by atoms with Crippen molar-refractivity contribution in [1.29, 1.82) is 0 Å². The third kappa shape index (κ3) is 2.35. The molecule has 92 valence electrons. The number of anilines is 1. The number of para-hydroxylation sites is 1. The Balaban J connectivity index is 2.47. The van der Waals surface area contributed by atoms with Gasteiger partial charge in [-0.25, -0.2) is 4.79 Å². The first kappa shape index (κ1) is 11.8. The van der Waals surface area contributed by atoms with E-state index >= 15 is 0 Å². The third-order valence-corrected chi connectivity index (χ3v) is 2.75. The van der Waals surface area contributed by atoms with Gasteiger partial charge in [0.25, 0.3) is 0 Å². The Hall–Kier alpha value is -1.71. The number of benzene rings is 1. The lowest BCUT2D eigenvalue weighted by Gasteiger charge is -2.23. The van der Waals surface area contributed by atoms with E-state index in [9.17, 15) is 4.79 Å². The zero-order valence-corrected chi connectivity index (χ0v) is 10.3. The average Bonchev–Trinajstić information content (AvgIpc) is 2.68. The minimum atomic E-state index is -0.389. The molecule has 0 spiro atoms. The number of hydrogen-bond donors (Lipinski definition) is 1. The molecule has 4 heteroatoms. The molecule has 0 radical (unpaired) electrons. The lowest BCUT2D eigenvalue weighted by Crippen LogP contribution is -2.24. The topological polar surface area (TPSA) is 49.2 Å². The van der Waals surface area contributed by atoms with Gasteiger partial charge in [-0.15, -0.1) is 0 Å². The molecular weight excluding hydrogens is 216 g/mol. The number of rotatable bonds is 5. The van der Waals surface area contributed by atoms with Crippen LogP contribution in [0, 0.1) is 0 Å². The normalized spacial score (nSPS) is 10.9. The van der Waals surface area contributed by atoms with E-state index < -0.39 is 0 Å². The minimum absolute atomic E-state index is 0.389. The highest BCUT2D eigenvalue weighted by Crippen LogP contribution is 2.25. The van der Waals surface area contributed by atoms with Crippen molar-refractivity contribution >= 4 is 16.8 Å². The summed E-state index contributed by atoms with van der Waals surface area (Å²) in [6.07, 6.45) is 2.15. The van der Waals surface area contributed by atoms with E-state index in [1.54, 1.807) is 0 Å². The van der Waals surface area contributed by atoms with Gasteiger partial charge in [-0.1, -0.05) is 19.9 Å². The Morgan fingerprint density at radius 2 is 1.94 bits per heavy atom. The number of aromatic amines is 1. The van der Waals surface area contributed by atoms with Gasteiger partial charge < -0.3 is 9.32 Å². The smallest absolute Gasteiger partial charge is 0.406 e. The predicted octanol–water partition coefficient (Wildman–Crippen LogP) is 2.75. The van der Waals surface area contributed by atoms with Crippen LogP contribution in [0.1, 0.15) is 26.7 Å². The maximum absolute atomic E-state index is 11.2. The molecule has 0 unspecified atom stereocenters. The average molecular weight is 234 g/mol. The van der Waals surface area contributed by atoms with Crippen LogP contribution in [0.4, 0.5) is 5.69 Å². The van der Waals surface area contributed by atoms with Gasteiger partial charge in [-0.2, -0.15) is 0 Å². The van der Waals surface area contributed by atoms with Crippen molar-refractivity contribution in [2.45, 2.75) is 26.7 Å². The first-order chi connectivity index (χ1) is 8.26. The molecular formula is C13H18N2O2. The predicted molar refractivity (Wildman–Crippen MR) is 69.6 cm³/mol. The van der Waals surface area contributed by atoms with Crippen molar-refractivity contribution in [2.24, 2.45) is 0 Å². The molecule has 1 aromatic carbocycles. The van der Waals surface area contributed by atoms with E-state index in [4.69, 9.17) is 4.42 Å². The SMILES string of the molecule is CCCN(CCC)c1cccc2[nH]c(=O)oc12. The van der Waals surface area contributed by atoms with E-state index in [0.717, 1.165) is 37.1 Å². The lowest BCUT2D eigenvalue weighted by atomic mass is 10.2. The van der Waals surface area contributed by atoms with Crippen LogP contribution in [0.15, 0.2) is 27.4 Å². The van der Waals surface area contributed by atoms with Gasteiger partial charge in [0.15, 0.2) is 5.58 Å². The summed E-state index contributed by atoms with van der Waals surface area (Å²) >= 11 is 0. The number of aromatic nitrogens is 1. The molecule has 0 saturated carbocycles. The first-order valence-electron chi connectivity index (χ1n) is 6.13. The maximum atomic E-state index is 11.2. The molecule has 0 bridgehead atoms. The summed E-state index contributed by atoms with van der Waals surface area (Å²) in [5, 5.41) is 0. The molecule has 0 aliphatic rings. The van der Waals surface area contributed by atoms with Crippen molar-refractivity contribution in [3.05, 3.63) is 28.7 Å². The van der Waals surface area contributed by atoms with Crippen molar-refractivity contribution in [1.82, 2.24) is 4.98 Å². The summed E-state index contributed by atoms with van der Waals surface area (Å²) in [5.41, 5.74) is 2.44. The largest absolute Gasteiger partial charge is 0.417 e. The molecule has 17 heavy (non-hydrogen) atoms. The zero-order chi connectivity index (χ0) is 12.3.